The van der Waals surface area contributed by atoms with Gasteiger partial charge in [0.15, 0.2) is 5.11 Å². The predicted octanol–water partition coefficient (Wildman–Crippen LogP) is 4.80. The molecule has 1 aliphatic rings. The summed E-state index contributed by atoms with van der Waals surface area (Å²) in [6.07, 6.45) is 0. The molecule has 0 radical (unpaired) electrons. The van der Waals surface area contributed by atoms with Gasteiger partial charge in [-0.25, -0.2) is 0 Å². The van der Waals surface area contributed by atoms with Gasteiger partial charge < -0.3 is 25.4 Å². The Labute approximate surface area is 198 Å². The van der Waals surface area contributed by atoms with Crippen molar-refractivity contribution >= 4 is 28.9 Å². The Hall–Kier alpha value is -3.84. The minimum atomic E-state index is -0.403. The summed E-state index contributed by atoms with van der Waals surface area (Å²) in [6.45, 7) is 1.84. The number of ether oxygens (including phenoxy) is 2. The number of carbonyl (C=O) groups is 1. The number of benzene rings is 3. The molecule has 6 nitrogen and oxygen atoms in total. The first-order valence-electron chi connectivity index (χ1n) is 10.5. The van der Waals surface area contributed by atoms with E-state index in [0.717, 1.165) is 16.7 Å². The molecule has 33 heavy (non-hydrogen) atoms. The summed E-state index contributed by atoms with van der Waals surface area (Å²) >= 11 is 5.38. The number of anilines is 1. The van der Waals surface area contributed by atoms with Crippen molar-refractivity contribution in [3.63, 3.8) is 0 Å². The quantitative estimate of drug-likeness (QED) is 0.460. The average molecular weight is 460 g/mol. The Morgan fingerprint density at radius 2 is 1.64 bits per heavy atom. The first kappa shape index (κ1) is 22.4. The molecular formula is C26H25N3O3S. The third kappa shape index (κ3) is 4.83. The highest BCUT2D eigenvalue weighted by Crippen LogP contribution is 2.33. The zero-order valence-electron chi connectivity index (χ0n) is 18.6. The molecule has 0 saturated carbocycles. The topological polar surface area (TPSA) is 71.6 Å². The highest BCUT2D eigenvalue weighted by Gasteiger charge is 2.30. The number of hydrogen-bond donors (Lipinski definition) is 3. The summed E-state index contributed by atoms with van der Waals surface area (Å²) in [5, 5.41) is 9.74. The van der Waals surface area contributed by atoms with Crippen LogP contribution >= 0.6 is 12.2 Å². The van der Waals surface area contributed by atoms with Gasteiger partial charge in [-0.1, -0.05) is 54.6 Å². The van der Waals surface area contributed by atoms with E-state index in [-0.39, 0.29) is 5.91 Å². The lowest BCUT2D eigenvalue weighted by molar-refractivity contribution is -0.113. The van der Waals surface area contributed by atoms with Crippen molar-refractivity contribution in [1.82, 2.24) is 10.6 Å². The fourth-order valence-corrected chi connectivity index (χ4v) is 4.12. The number of rotatable bonds is 6. The Bertz CT molecular complexity index is 1210. The second kappa shape index (κ2) is 9.75. The summed E-state index contributed by atoms with van der Waals surface area (Å²) in [5.41, 5.74) is 4.92. The number of thiocarbonyl (C=S) groups is 1. The highest BCUT2D eigenvalue weighted by atomic mass is 32.1. The van der Waals surface area contributed by atoms with Crippen molar-refractivity contribution in [2.24, 2.45) is 0 Å². The van der Waals surface area contributed by atoms with E-state index in [1.54, 1.807) is 32.4 Å². The van der Waals surface area contributed by atoms with Gasteiger partial charge in [0, 0.05) is 11.8 Å². The molecule has 3 N–H and O–H groups in total. The van der Waals surface area contributed by atoms with Crippen LogP contribution in [0, 0.1) is 0 Å². The number of allylic oxidation sites excluding steroid dienone is 1. The van der Waals surface area contributed by atoms with Gasteiger partial charge in [-0.15, -0.1) is 0 Å². The van der Waals surface area contributed by atoms with E-state index in [9.17, 15) is 4.79 Å². The van der Waals surface area contributed by atoms with Crippen molar-refractivity contribution in [2.75, 3.05) is 19.5 Å². The molecule has 3 aromatic carbocycles. The van der Waals surface area contributed by atoms with E-state index in [2.05, 4.69) is 28.1 Å². The van der Waals surface area contributed by atoms with Crippen LogP contribution in [0.4, 0.5) is 5.69 Å². The second-order valence-electron chi connectivity index (χ2n) is 7.58. The minimum Gasteiger partial charge on any atom is -0.497 e. The van der Waals surface area contributed by atoms with E-state index in [1.807, 2.05) is 49.4 Å². The third-order valence-corrected chi connectivity index (χ3v) is 5.74. The van der Waals surface area contributed by atoms with Gasteiger partial charge in [0.05, 0.1) is 31.5 Å². The molecular weight excluding hydrogens is 434 g/mol. The number of methoxy groups -OCH3 is 2. The lowest BCUT2D eigenvalue weighted by atomic mass is 9.93. The van der Waals surface area contributed by atoms with E-state index < -0.39 is 6.04 Å². The van der Waals surface area contributed by atoms with E-state index in [0.29, 0.717) is 33.6 Å². The molecule has 0 fully saturated rings. The highest BCUT2D eigenvalue weighted by molar-refractivity contribution is 7.80. The number of carbonyl (C=O) groups excluding carboxylic acids is 1. The van der Waals surface area contributed by atoms with Crippen LogP contribution in [-0.2, 0) is 4.79 Å². The van der Waals surface area contributed by atoms with Gasteiger partial charge >= 0.3 is 0 Å². The third-order valence-electron chi connectivity index (χ3n) is 5.52. The lowest BCUT2D eigenvalue weighted by Crippen LogP contribution is -2.45. The van der Waals surface area contributed by atoms with Gasteiger partial charge in [0.1, 0.15) is 11.5 Å². The molecule has 168 valence electrons. The van der Waals surface area contributed by atoms with E-state index in [4.69, 9.17) is 21.7 Å². The molecule has 0 aliphatic carbocycles. The molecule has 0 aromatic heterocycles. The summed E-state index contributed by atoms with van der Waals surface area (Å²) in [5.74, 6) is 0.892. The van der Waals surface area contributed by atoms with Crippen LogP contribution in [0.3, 0.4) is 0 Å². The number of amides is 1. The van der Waals surface area contributed by atoms with Gasteiger partial charge in [-0.05, 0) is 48.0 Å². The molecule has 1 unspecified atom stereocenters. The van der Waals surface area contributed by atoms with Gasteiger partial charge in [0.2, 0.25) is 0 Å². The van der Waals surface area contributed by atoms with Crippen molar-refractivity contribution in [1.29, 1.82) is 0 Å². The first-order valence-corrected chi connectivity index (χ1v) is 10.9. The van der Waals surface area contributed by atoms with Crippen molar-refractivity contribution in [3.8, 4) is 22.6 Å². The Balaban J connectivity index is 1.65. The van der Waals surface area contributed by atoms with E-state index in [1.165, 1.54) is 0 Å². The Kier molecular flexibility index (Phi) is 6.60. The maximum Gasteiger partial charge on any atom is 0.255 e. The van der Waals surface area contributed by atoms with Gasteiger partial charge in [0.25, 0.3) is 5.91 Å². The maximum absolute atomic E-state index is 13.4. The molecule has 1 aliphatic heterocycles. The SMILES string of the molecule is COc1ccc(OC)c(NC(=O)C2=C(C)NC(=S)NC2c2ccc(-c3ccccc3)cc2)c1. The molecule has 1 atom stereocenters. The van der Waals surface area contributed by atoms with Crippen LogP contribution in [-0.4, -0.2) is 25.2 Å². The molecule has 7 heteroatoms. The van der Waals surface area contributed by atoms with Crippen LogP contribution in [0.15, 0.2) is 84.1 Å². The number of nitrogens with one attached hydrogen (secondary N) is 3. The van der Waals surface area contributed by atoms with Crippen molar-refractivity contribution in [3.05, 3.63) is 89.6 Å². The molecule has 0 bridgehead atoms. The number of hydrogen-bond acceptors (Lipinski definition) is 4. The van der Waals surface area contributed by atoms with Crippen LogP contribution in [0.25, 0.3) is 11.1 Å². The zero-order chi connectivity index (χ0) is 23.4. The zero-order valence-corrected chi connectivity index (χ0v) is 19.5. The molecule has 3 aromatic rings. The van der Waals surface area contributed by atoms with Crippen LogP contribution in [0.1, 0.15) is 18.5 Å². The first-order chi connectivity index (χ1) is 16.0. The molecule has 0 saturated heterocycles. The van der Waals surface area contributed by atoms with Gasteiger partial charge in [-0.3, -0.25) is 4.79 Å². The normalized spacial score (nSPS) is 15.4. The standard InChI is InChI=1S/C26H25N3O3S/c1-16-23(25(30)28-21-15-20(31-2)13-14-22(21)32-3)24(29-26(33)27-16)19-11-9-18(10-12-19)17-7-5-4-6-8-17/h4-15,24H,1-3H3,(H,28,30)(H2,27,29,33). The smallest absolute Gasteiger partial charge is 0.255 e. The summed E-state index contributed by atoms with van der Waals surface area (Å²) in [4.78, 5) is 13.4. The summed E-state index contributed by atoms with van der Waals surface area (Å²) in [6, 6.07) is 23.1. The largest absolute Gasteiger partial charge is 0.497 e. The van der Waals surface area contributed by atoms with Crippen LogP contribution in [0.2, 0.25) is 0 Å². The minimum absolute atomic E-state index is 0.265. The van der Waals surface area contributed by atoms with Crippen molar-refractivity contribution < 1.29 is 14.3 Å². The average Bonchev–Trinajstić information content (AvgIpc) is 2.84. The molecule has 4 rings (SSSR count). The van der Waals surface area contributed by atoms with Crippen LogP contribution < -0.4 is 25.4 Å². The molecule has 1 amide bonds. The Morgan fingerprint density at radius 3 is 2.30 bits per heavy atom. The van der Waals surface area contributed by atoms with Gasteiger partial charge in [-0.2, -0.15) is 0 Å². The summed E-state index contributed by atoms with van der Waals surface area (Å²) in [7, 11) is 3.13. The monoisotopic (exact) mass is 459 g/mol. The van der Waals surface area contributed by atoms with E-state index >= 15 is 0 Å². The van der Waals surface area contributed by atoms with Crippen molar-refractivity contribution in [2.45, 2.75) is 13.0 Å². The molecule has 0 spiro atoms. The fourth-order valence-electron chi connectivity index (χ4n) is 3.84. The van der Waals surface area contributed by atoms with Crippen LogP contribution in [0.5, 0.6) is 11.5 Å². The lowest BCUT2D eigenvalue weighted by Gasteiger charge is -2.30. The predicted molar refractivity (Wildman–Crippen MR) is 134 cm³/mol. The fraction of sp³-hybridized carbons (Fsp3) is 0.154. The Morgan fingerprint density at radius 1 is 0.939 bits per heavy atom. The second-order valence-corrected chi connectivity index (χ2v) is 7.99. The summed E-state index contributed by atoms with van der Waals surface area (Å²) < 4.78 is 10.7. The molecule has 1 heterocycles. The maximum atomic E-state index is 13.4.